The van der Waals surface area contributed by atoms with Crippen LogP contribution < -0.4 is 0 Å². The Hall–Kier alpha value is -0.460. The second-order valence-electron chi connectivity index (χ2n) is 14.9. The van der Waals surface area contributed by atoms with Gasteiger partial charge in [0.2, 0.25) is 0 Å². The molecule has 0 amide bonds. The van der Waals surface area contributed by atoms with E-state index in [-0.39, 0.29) is 29.0 Å². The van der Waals surface area contributed by atoms with Gasteiger partial charge >= 0.3 is 7.82 Å². The van der Waals surface area contributed by atoms with E-state index in [0.717, 1.165) is 37.7 Å². The summed E-state index contributed by atoms with van der Waals surface area (Å²) in [6, 6.07) is 7.50. The molecular weight excluding hydrogens is 571 g/mol. The van der Waals surface area contributed by atoms with Gasteiger partial charge in [-0.1, -0.05) is 63.9 Å². The minimum Gasteiger partial charge on any atom is -0.393 e. The summed E-state index contributed by atoms with van der Waals surface area (Å²) in [5.41, 5.74) is 1.23. The third kappa shape index (κ3) is 5.37. The first-order chi connectivity index (χ1) is 20.0. The summed E-state index contributed by atoms with van der Waals surface area (Å²) in [7, 11) is -3.66. The maximum Gasteiger partial charge on any atom is 0.475 e. The number of hydrogen-bond donors (Lipinski definition) is 2. The molecule has 8 heteroatoms. The quantitative estimate of drug-likeness (QED) is 0.296. The van der Waals surface area contributed by atoms with Crippen molar-refractivity contribution < 1.29 is 28.3 Å². The molecule has 6 unspecified atom stereocenters. The van der Waals surface area contributed by atoms with E-state index >= 15 is 0 Å². The van der Waals surface area contributed by atoms with Gasteiger partial charge in [0.1, 0.15) is 0 Å². The molecule has 13 atom stereocenters. The zero-order valence-corrected chi connectivity index (χ0v) is 27.6. The van der Waals surface area contributed by atoms with Gasteiger partial charge in [-0.3, -0.25) is 13.6 Å². The highest BCUT2D eigenvalue weighted by molar-refractivity contribution is 7.48. The lowest BCUT2D eigenvalue weighted by Gasteiger charge is -2.64. The SMILES string of the molecule is CC[C@H]1C(O)C2C(CC[C@@]3(C)C2CC[C@@H]3[C@H](C)CCOP2(=O)OCC[C@@H](c3ccccc3Cl)O2)[C@@]2(C)CC[C@@H](O)CC12. The molecule has 4 aliphatic carbocycles. The first-order valence-electron chi connectivity index (χ1n) is 16.7. The second-order valence-corrected chi connectivity index (χ2v) is 16.9. The lowest BCUT2D eigenvalue weighted by atomic mass is 9.41. The summed E-state index contributed by atoms with van der Waals surface area (Å²) >= 11 is 6.38. The maximum atomic E-state index is 13.4. The van der Waals surface area contributed by atoms with Crippen LogP contribution >= 0.6 is 19.4 Å². The van der Waals surface area contributed by atoms with Gasteiger partial charge in [-0.2, -0.15) is 0 Å². The second kappa shape index (κ2) is 12.0. The molecule has 0 radical (unpaired) electrons. The summed E-state index contributed by atoms with van der Waals surface area (Å²) in [6.45, 7) is 10.2. The number of rotatable bonds is 7. The van der Waals surface area contributed by atoms with Crippen LogP contribution in [0.2, 0.25) is 5.02 Å². The third-order valence-corrected chi connectivity index (χ3v) is 15.0. The number of aliphatic hydroxyl groups excluding tert-OH is 2. The largest absolute Gasteiger partial charge is 0.475 e. The van der Waals surface area contributed by atoms with Crippen molar-refractivity contribution in [1.82, 2.24) is 0 Å². The van der Waals surface area contributed by atoms with Gasteiger partial charge in [-0.05, 0) is 110 Å². The van der Waals surface area contributed by atoms with Gasteiger partial charge in [0.15, 0.2) is 0 Å². The Kier molecular flexibility index (Phi) is 9.04. The van der Waals surface area contributed by atoms with E-state index in [1.54, 1.807) is 0 Å². The van der Waals surface area contributed by atoms with E-state index in [0.29, 0.717) is 60.2 Å². The van der Waals surface area contributed by atoms with E-state index in [2.05, 4.69) is 27.7 Å². The molecule has 1 aromatic rings. The molecule has 5 aliphatic rings. The lowest BCUT2D eigenvalue weighted by Crippen LogP contribution is -2.62. The van der Waals surface area contributed by atoms with Crippen LogP contribution in [0, 0.1) is 52.3 Å². The van der Waals surface area contributed by atoms with Crippen LogP contribution in [-0.4, -0.2) is 35.6 Å². The van der Waals surface area contributed by atoms with Crippen molar-refractivity contribution in [3.05, 3.63) is 34.9 Å². The molecule has 1 heterocycles. The summed E-state index contributed by atoms with van der Waals surface area (Å²) in [4.78, 5) is 0. The van der Waals surface area contributed by atoms with Gasteiger partial charge in [-0.25, -0.2) is 4.57 Å². The highest BCUT2D eigenvalue weighted by Gasteiger charge is 2.64. The molecule has 1 saturated heterocycles. The van der Waals surface area contributed by atoms with E-state index in [4.69, 9.17) is 25.2 Å². The summed E-state index contributed by atoms with van der Waals surface area (Å²) in [6.07, 6.45) is 9.05. The van der Waals surface area contributed by atoms with E-state index in [1.807, 2.05) is 24.3 Å². The monoisotopic (exact) mass is 622 g/mol. The molecule has 6 rings (SSSR count). The van der Waals surface area contributed by atoms with Crippen molar-refractivity contribution in [2.45, 2.75) is 110 Å². The topological polar surface area (TPSA) is 85.2 Å². The van der Waals surface area contributed by atoms with Gasteiger partial charge in [0.05, 0.1) is 31.5 Å². The minimum atomic E-state index is -3.66. The predicted molar refractivity (Wildman–Crippen MR) is 165 cm³/mol. The number of aliphatic hydroxyl groups is 2. The first-order valence-corrected chi connectivity index (χ1v) is 18.5. The Balaban J connectivity index is 1.11. The fraction of sp³-hybridized carbons (Fsp3) is 0.824. The van der Waals surface area contributed by atoms with Gasteiger partial charge in [-0.15, -0.1) is 0 Å². The Labute approximate surface area is 257 Å². The average Bonchev–Trinajstić information content (AvgIpc) is 3.31. The number of benzene rings is 1. The van der Waals surface area contributed by atoms with E-state index < -0.39 is 13.9 Å². The molecule has 236 valence electrons. The Morgan fingerprint density at radius 2 is 1.79 bits per heavy atom. The van der Waals surface area contributed by atoms with Crippen LogP contribution in [0.4, 0.5) is 0 Å². The molecule has 6 nitrogen and oxygen atoms in total. The molecule has 5 fully saturated rings. The molecule has 0 aromatic heterocycles. The zero-order valence-electron chi connectivity index (χ0n) is 25.9. The summed E-state index contributed by atoms with van der Waals surface area (Å²) in [5, 5.41) is 23.1. The minimum absolute atomic E-state index is 0.189. The Bertz CT molecular complexity index is 1160. The van der Waals surface area contributed by atoms with Crippen molar-refractivity contribution >= 4 is 19.4 Å². The van der Waals surface area contributed by atoms with Crippen LogP contribution in [0.25, 0.3) is 0 Å². The van der Waals surface area contributed by atoms with Crippen molar-refractivity contribution in [2.75, 3.05) is 13.2 Å². The smallest absolute Gasteiger partial charge is 0.393 e. The standard InChI is InChI=1S/C34H52ClO6P/c1-5-23-28-20-22(36)12-16-34(28,4)27-13-17-33(3)25(10-11-26(33)31(27)32(23)37)21(2)14-18-39-42(38)40-19-15-30(41-42)24-8-6-7-9-29(24)35/h6-9,21-23,25-28,30-32,36-37H,5,10-20H2,1-4H3/t21-,22-,23-,25-,26?,27?,28?,30+,31?,32?,33-,34-,42?/m1/s1. The maximum absolute atomic E-state index is 13.4. The van der Waals surface area contributed by atoms with E-state index in [9.17, 15) is 14.8 Å². The lowest BCUT2D eigenvalue weighted by molar-refractivity contribution is -0.203. The third-order valence-electron chi connectivity index (χ3n) is 13.1. The highest BCUT2D eigenvalue weighted by Crippen LogP contribution is 2.69. The van der Waals surface area contributed by atoms with Crippen LogP contribution in [0.3, 0.4) is 0 Å². The molecule has 4 saturated carbocycles. The predicted octanol–water partition coefficient (Wildman–Crippen LogP) is 8.60. The fourth-order valence-electron chi connectivity index (χ4n) is 11.0. The molecule has 0 spiro atoms. The van der Waals surface area contributed by atoms with Gasteiger partial charge in [0, 0.05) is 17.0 Å². The van der Waals surface area contributed by atoms with Gasteiger partial charge in [0.25, 0.3) is 0 Å². The number of phosphoric ester groups is 1. The number of fused-ring (bicyclic) bond motifs is 5. The molecule has 2 N–H and O–H groups in total. The molecule has 1 aliphatic heterocycles. The molecule has 1 aromatic carbocycles. The van der Waals surface area contributed by atoms with Crippen LogP contribution in [0.1, 0.15) is 104 Å². The first kappa shape index (κ1) is 31.5. The number of hydrogen-bond acceptors (Lipinski definition) is 6. The van der Waals surface area contributed by atoms with Crippen LogP contribution in [0.5, 0.6) is 0 Å². The zero-order chi connectivity index (χ0) is 29.9. The van der Waals surface area contributed by atoms with Gasteiger partial charge < -0.3 is 10.2 Å². The van der Waals surface area contributed by atoms with Crippen molar-refractivity contribution in [3.8, 4) is 0 Å². The van der Waals surface area contributed by atoms with Crippen LogP contribution in [-0.2, 0) is 18.1 Å². The fourth-order valence-corrected chi connectivity index (χ4v) is 12.7. The number of phosphoric acid groups is 1. The summed E-state index contributed by atoms with van der Waals surface area (Å²) < 4.78 is 30.7. The molecule has 0 bridgehead atoms. The Morgan fingerprint density at radius 3 is 2.55 bits per heavy atom. The normalized spacial score (nSPS) is 47.7. The highest BCUT2D eigenvalue weighted by atomic mass is 35.5. The van der Waals surface area contributed by atoms with Crippen LogP contribution in [0.15, 0.2) is 24.3 Å². The van der Waals surface area contributed by atoms with Crippen molar-refractivity contribution in [2.24, 2.45) is 52.3 Å². The average molecular weight is 623 g/mol. The van der Waals surface area contributed by atoms with Crippen molar-refractivity contribution in [3.63, 3.8) is 0 Å². The van der Waals surface area contributed by atoms with Crippen molar-refractivity contribution in [1.29, 1.82) is 0 Å². The Morgan fingerprint density at radius 1 is 1.05 bits per heavy atom. The number of halogens is 1. The molecule has 42 heavy (non-hydrogen) atoms. The molecular formula is C34H52ClO6P. The van der Waals surface area contributed by atoms with E-state index in [1.165, 1.54) is 25.7 Å². The summed E-state index contributed by atoms with van der Waals surface area (Å²) in [5.74, 6) is 3.06.